The van der Waals surface area contributed by atoms with Crippen LogP contribution in [0, 0.1) is 0 Å². The maximum Gasteiger partial charge on any atom is 0.160 e. The molecule has 0 aromatic heterocycles. The molecule has 3 nitrogen and oxygen atoms in total. The molecule has 0 aromatic carbocycles. The van der Waals surface area contributed by atoms with E-state index in [0.717, 1.165) is 0 Å². The Kier molecular flexibility index (Phi) is 2.34. The molecule has 0 bridgehead atoms. The van der Waals surface area contributed by atoms with E-state index in [0.29, 0.717) is 0 Å². The van der Waals surface area contributed by atoms with E-state index in [1.807, 2.05) is 0 Å². The number of hydrogen-bond donors (Lipinski definition) is 2. The lowest BCUT2D eigenvalue weighted by Crippen LogP contribution is -2.48. The topological polar surface area (TPSA) is 63.3 Å². The number of rotatable bonds is 2. The van der Waals surface area contributed by atoms with Crippen molar-refractivity contribution in [3.05, 3.63) is 0 Å². The van der Waals surface area contributed by atoms with E-state index < -0.39 is 11.6 Å². The van der Waals surface area contributed by atoms with Crippen molar-refractivity contribution in [3.63, 3.8) is 0 Å². The van der Waals surface area contributed by atoms with Crippen molar-refractivity contribution >= 4 is 5.78 Å². The van der Waals surface area contributed by atoms with Crippen molar-refractivity contribution in [3.8, 4) is 0 Å². The Hall–Kier alpha value is -0.410. The summed E-state index contributed by atoms with van der Waals surface area (Å²) in [6.07, 6.45) is -1.04. The molecule has 1 atom stereocenters. The summed E-state index contributed by atoms with van der Waals surface area (Å²) >= 11 is 0. The van der Waals surface area contributed by atoms with Gasteiger partial charge in [0.05, 0.1) is 0 Å². The molecule has 9 heavy (non-hydrogen) atoms. The number of aliphatic hydroxyl groups excluding tert-OH is 1. The van der Waals surface area contributed by atoms with Gasteiger partial charge in [0.2, 0.25) is 0 Å². The summed E-state index contributed by atoms with van der Waals surface area (Å²) < 4.78 is 0. The van der Waals surface area contributed by atoms with Crippen molar-refractivity contribution in [2.75, 3.05) is 0 Å². The van der Waals surface area contributed by atoms with Gasteiger partial charge in [0.15, 0.2) is 5.78 Å². The maximum atomic E-state index is 10.5. The van der Waals surface area contributed by atoms with Crippen LogP contribution in [-0.2, 0) is 4.79 Å². The van der Waals surface area contributed by atoms with Crippen LogP contribution < -0.4 is 5.73 Å². The van der Waals surface area contributed by atoms with Crippen LogP contribution in [0.3, 0.4) is 0 Å². The Labute approximate surface area is 54.9 Å². The van der Waals surface area contributed by atoms with Crippen LogP contribution in [0.1, 0.15) is 20.8 Å². The van der Waals surface area contributed by atoms with Crippen molar-refractivity contribution in [2.24, 2.45) is 5.73 Å². The Balaban J connectivity index is 4.04. The van der Waals surface area contributed by atoms with E-state index in [1.54, 1.807) is 13.8 Å². The first-order chi connectivity index (χ1) is 3.85. The molecule has 3 heteroatoms. The first-order valence-corrected chi connectivity index (χ1v) is 2.83. The zero-order chi connectivity index (χ0) is 7.65. The molecule has 0 saturated carbocycles. The highest BCUT2D eigenvalue weighted by molar-refractivity contribution is 5.81. The summed E-state index contributed by atoms with van der Waals surface area (Å²) in [7, 11) is 0. The van der Waals surface area contributed by atoms with Crippen LogP contribution >= 0.6 is 0 Å². The van der Waals surface area contributed by atoms with Crippen LogP contribution in [0.15, 0.2) is 0 Å². The van der Waals surface area contributed by atoms with Gasteiger partial charge in [-0.1, -0.05) is 0 Å². The highest BCUT2D eigenvalue weighted by atomic mass is 16.3. The summed E-state index contributed by atoms with van der Waals surface area (Å²) in [6, 6.07) is 0. The Morgan fingerprint density at radius 3 is 2.00 bits per heavy atom. The van der Waals surface area contributed by atoms with E-state index in [-0.39, 0.29) is 5.78 Å². The van der Waals surface area contributed by atoms with E-state index in [9.17, 15) is 4.79 Å². The van der Waals surface area contributed by atoms with Gasteiger partial charge < -0.3 is 10.8 Å². The van der Waals surface area contributed by atoms with Gasteiger partial charge in [-0.25, -0.2) is 0 Å². The minimum absolute atomic E-state index is 0.289. The van der Waals surface area contributed by atoms with Crippen LogP contribution in [-0.4, -0.2) is 22.5 Å². The highest BCUT2D eigenvalue weighted by Gasteiger charge is 2.26. The van der Waals surface area contributed by atoms with Crippen molar-refractivity contribution < 1.29 is 9.90 Å². The summed E-state index contributed by atoms with van der Waals surface area (Å²) in [5, 5.41) is 8.99. The van der Waals surface area contributed by atoms with Gasteiger partial charge in [0.1, 0.15) is 6.10 Å². The molecule has 0 amide bonds. The molecular formula is C6H13NO2. The lowest BCUT2D eigenvalue weighted by atomic mass is 9.96. The van der Waals surface area contributed by atoms with Gasteiger partial charge in [-0.2, -0.15) is 0 Å². The first kappa shape index (κ1) is 8.59. The van der Waals surface area contributed by atoms with Crippen LogP contribution in [0.25, 0.3) is 0 Å². The lowest BCUT2D eigenvalue weighted by molar-refractivity contribution is -0.127. The highest BCUT2D eigenvalue weighted by Crippen LogP contribution is 2.04. The molecule has 0 unspecified atom stereocenters. The average molecular weight is 131 g/mol. The molecule has 0 aliphatic carbocycles. The first-order valence-electron chi connectivity index (χ1n) is 2.83. The predicted octanol–water partition coefficient (Wildman–Crippen LogP) is -0.326. The van der Waals surface area contributed by atoms with Crippen LogP contribution in [0.2, 0.25) is 0 Å². The molecule has 3 N–H and O–H groups in total. The van der Waals surface area contributed by atoms with Gasteiger partial charge in [0.25, 0.3) is 0 Å². The molecule has 0 radical (unpaired) electrons. The molecule has 0 aliphatic rings. The van der Waals surface area contributed by atoms with E-state index in [2.05, 4.69) is 0 Å². The predicted molar refractivity (Wildman–Crippen MR) is 35.0 cm³/mol. The Bertz CT molecular complexity index is 115. The average Bonchev–Trinajstić information content (AvgIpc) is 1.62. The van der Waals surface area contributed by atoms with Gasteiger partial charge in [-0.05, 0) is 20.8 Å². The smallest absolute Gasteiger partial charge is 0.160 e. The van der Waals surface area contributed by atoms with Gasteiger partial charge >= 0.3 is 0 Å². The summed E-state index contributed by atoms with van der Waals surface area (Å²) in [6.45, 7) is 4.54. The third-order valence-corrected chi connectivity index (χ3v) is 1.09. The fourth-order valence-electron chi connectivity index (χ4n) is 0.524. The molecule has 0 rings (SSSR count). The fraction of sp³-hybridized carbons (Fsp3) is 0.833. The van der Waals surface area contributed by atoms with Crippen LogP contribution in [0.4, 0.5) is 0 Å². The standard InChI is InChI=1S/C6H13NO2/c1-4(8)5(9)6(2,3)7/h5,9H,7H2,1-3H3/t5-/m0/s1. The summed E-state index contributed by atoms with van der Waals surface area (Å²) in [5.41, 5.74) is 4.60. The molecule has 0 heterocycles. The molecule has 0 spiro atoms. The third-order valence-electron chi connectivity index (χ3n) is 1.09. The second kappa shape index (κ2) is 2.45. The van der Waals surface area contributed by atoms with Crippen molar-refractivity contribution in [1.29, 1.82) is 0 Å². The maximum absolute atomic E-state index is 10.5. The quantitative estimate of drug-likeness (QED) is 0.539. The number of carbonyl (C=O) groups excluding carboxylic acids is 1. The molecule has 54 valence electrons. The van der Waals surface area contributed by atoms with Crippen molar-refractivity contribution in [2.45, 2.75) is 32.4 Å². The monoisotopic (exact) mass is 131 g/mol. The Morgan fingerprint density at radius 1 is 1.67 bits per heavy atom. The van der Waals surface area contributed by atoms with E-state index >= 15 is 0 Å². The largest absolute Gasteiger partial charge is 0.383 e. The van der Waals surface area contributed by atoms with E-state index in [1.165, 1.54) is 6.92 Å². The summed E-state index contributed by atoms with van der Waals surface area (Å²) in [4.78, 5) is 10.5. The third kappa shape index (κ3) is 2.58. The number of nitrogens with two attached hydrogens (primary N) is 1. The Morgan fingerprint density at radius 2 is 2.00 bits per heavy atom. The molecule has 0 aromatic rings. The van der Waals surface area contributed by atoms with Gasteiger partial charge in [0, 0.05) is 5.54 Å². The number of ketones is 1. The summed E-state index contributed by atoms with van der Waals surface area (Å²) in [5.74, 6) is -0.289. The van der Waals surface area contributed by atoms with Crippen molar-refractivity contribution in [1.82, 2.24) is 0 Å². The normalized spacial score (nSPS) is 15.2. The minimum atomic E-state index is -1.04. The number of carbonyl (C=O) groups is 1. The van der Waals surface area contributed by atoms with Gasteiger partial charge in [-0.3, -0.25) is 4.79 Å². The van der Waals surface area contributed by atoms with Crippen LogP contribution in [0.5, 0.6) is 0 Å². The molecule has 0 saturated heterocycles. The minimum Gasteiger partial charge on any atom is -0.383 e. The lowest BCUT2D eigenvalue weighted by Gasteiger charge is -2.22. The number of hydrogen-bond acceptors (Lipinski definition) is 3. The SMILES string of the molecule is CC(=O)[C@H](O)C(C)(C)N. The fourth-order valence-corrected chi connectivity index (χ4v) is 0.524. The zero-order valence-electron chi connectivity index (χ0n) is 6.01. The molecule has 0 fully saturated rings. The second-order valence-electron chi connectivity index (χ2n) is 2.83. The zero-order valence-corrected chi connectivity index (χ0v) is 6.01. The molecular weight excluding hydrogens is 118 g/mol. The van der Waals surface area contributed by atoms with E-state index in [4.69, 9.17) is 10.8 Å². The second-order valence-corrected chi connectivity index (χ2v) is 2.83. The van der Waals surface area contributed by atoms with Gasteiger partial charge in [-0.15, -0.1) is 0 Å². The number of aliphatic hydroxyl groups is 1. The number of Topliss-reactive ketones (excluding diaryl/α,β-unsaturated/α-hetero) is 1. The molecule has 0 aliphatic heterocycles.